The molecule has 0 aliphatic heterocycles. The molecule has 0 aliphatic carbocycles. The van der Waals surface area contributed by atoms with Crippen LogP contribution in [0.4, 0.5) is 0 Å². The van der Waals surface area contributed by atoms with E-state index in [4.69, 9.17) is 10.3 Å². The Morgan fingerprint density at radius 2 is 2.15 bits per heavy atom. The van der Waals surface area contributed by atoms with Gasteiger partial charge >= 0.3 is 0 Å². The van der Waals surface area contributed by atoms with Crippen LogP contribution in [0.15, 0.2) is 28.7 Å². The molecule has 0 fully saturated rings. The molecule has 108 valence electrons. The summed E-state index contributed by atoms with van der Waals surface area (Å²) in [5, 5.41) is 0.800. The Balaban J connectivity index is 2.34. The number of hydrazine groups is 1. The molecule has 5 nitrogen and oxygen atoms in total. The largest absolute Gasteiger partial charge is 0.459 e. The highest BCUT2D eigenvalue weighted by Crippen LogP contribution is 2.26. The van der Waals surface area contributed by atoms with E-state index >= 15 is 0 Å². The fraction of sp³-hybridized carbons (Fsp3) is 0.400. The quantitative estimate of drug-likeness (QED) is 0.482. The molecule has 0 radical (unpaired) electrons. The van der Waals surface area contributed by atoms with E-state index in [1.165, 1.54) is 0 Å². The van der Waals surface area contributed by atoms with Gasteiger partial charge in [-0.2, -0.15) is 0 Å². The number of nitrogens with two attached hydrogens (primary N) is 1. The molecule has 3 N–H and O–H groups in total. The molecule has 5 heteroatoms. The number of fused-ring (bicyclic) bond motifs is 1. The van der Waals surface area contributed by atoms with E-state index in [2.05, 4.69) is 17.2 Å². The number of hydrogen-bond acceptors (Lipinski definition) is 4. The highest BCUT2D eigenvalue weighted by Gasteiger charge is 2.20. The van der Waals surface area contributed by atoms with Crippen LogP contribution in [-0.2, 0) is 6.54 Å². The van der Waals surface area contributed by atoms with Crippen LogP contribution < -0.4 is 11.3 Å². The summed E-state index contributed by atoms with van der Waals surface area (Å²) in [6, 6.07) is 7.51. The SMILES string of the molecule is CCCCN(C)Cc1oc2ccccc2c1C(=O)NN. The maximum atomic E-state index is 12.0. The molecular formula is C15H21N3O2. The Labute approximate surface area is 118 Å². The summed E-state index contributed by atoms with van der Waals surface area (Å²) in [5.41, 5.74) is 3.45. The molecule has 1 aromatic carbocycles. The first-order valence-electron chi connectivity index (χ1n) is 6.87. The van der Waals surface area contributed by atoms with Gasteiger partial charge in [0.05, 0.1) is 12.1 Å². The van der Waals surface area contributed by atoms with E-state index in [1.54, 1.807) is 0 Å². The maximum absolute atomic E-state index is 12.0. The van der Waals surface area contributed by atoms with Crippen molar-refractivity contribution >= 4 is 16.9 Å². The number of furan rings is 1. The lowest BCUT2D eigenvalue weighted by atomic mass is 10.1. The van der Waals surface area contributed by atoms with Gasteiger partial charge in [-0.05, 0) is 26.1 Å². The van der Waals surface area contributed by atoms with Gasteiger partial charge < -0.3 is 4.42 Å². The second-order valence-corrected chi connectivity index (χ2v) is 4.96. The van der Waals surface area contributed by atoms with E-state index in [9.17, 15) is 4.79 Å². The highest BCUT2D eigenvalue weighted by molar-refractivity contribution is 6.07. The van der Waals surface area contributed by atoms with Crippen molar-refractivity contribution in [3.05, 3.63) is 35.6 Å². The smallest absolute Gasteiger partial charge is 0.269 e. The minimum Gasteiger partial charge on any atom is -0.459 e. The molecule has 0 aliphatic rings. The summed E-state index contributed by atoms with van der Waals surface area (Å²) in [7, 11) is 2.02. The van der Waals surface area contributed by atoms with Crippen LogP contribution in [-0.4, -0.2) is 24.4 Å². The third-order valence-electron chi connectivity index (χ3n) is 3.33. The lowest BCUT2D eigenvalue weighted by molar-refractivity contribution is 0.0951. The lowest BCUT2D eigenvalue weighted by Crippen LogP contribution is -2.31. The third kappa shape index (κ3) is 3.00. The first kappa shape index (κ1) is 14.6. The average molecular weight is 275 g/mol. The van der Waals surface area contributed by atoms with Crippen LogP contribution in [0.25, 0.3) is 11.0 Å². The Morgan fingerprint density at radius 1 is 1.40 bits per heavy atom. The van der Waals surface area contributed by atoms with Crippen molar-refractivity contribution in [2.45, 2.75) is 26.3 Å². The van der Waals surface area contributed by atoms with Gasteiger partial charge in [-0.3, -0.25) is 15.1 Å². The molecule has 0 bridgehead atoms. The van der Waals surface area contributed by atoms with Crippen LogP contribution in [0.3, 0.4) is 0 Å². The lowest BCUT2D eigenvalue weighted by Gasteiger charge is -2.15. The molecule has 0 atom stereocenters. The summed E-state index contributed by atoms with van der Waals surface area (Å²) in [4.78, 5) is 14.1. The van der Waals surface area contributed by atoms with Crippen LogP contribution in [0, 0.1) is 0 Å². The number of carbonyl (C=O) groups excluding carboxylic acids is 1. The van der Waals surface area contributed by atoms with Crippen LogP contribution >= 0.6 is 0 Å². The zero-order valence-electron chi connectivity index (χ0n) is 12.0. The number of nitrogens with zero attached hydrogens (tertiary/aromatic N) is 1. The van der Waals surface area contributed by atoms with Crippen molar-refractivity contribution in [1.82, 2.24) is 10.3 Å². The third-order valence-corrected chi connectivity index (χ3v) is 3.33. The topological polar surface area (TPSA) is 71.5 Å². The average Bonchev–Trinajstić information content (AvgIpc) is 2.82. The number of amides is 1. The van der Waals surface area contributed by atoms with E-state index in [0.29, 0.717) is 23.5 Å². The monoisotopic (exact) mass is 275 g/mol. The number of benzene rings is 1. The van der Waals surface area contributed by atoms with E-state index in [0.717, 1.165) is 24.8 Å². The second-order valence-electron chi connectivity index (χ2n) is 4.96. The van der Waals surface area contributed by atoms with Gasteiger partial charge in [0.25, 0.3) is 5.91 Å². The fourth-order valence-corrected chi connectivity index (χ4v) is 2.28. The van der Waals surface area contributed by atoms with Crippen molar-refractivity contribution in [3.63, 3.8) is 0 Å². The summed E-state index contributed by atoms with van der Waals surface area (Å²) in [6.45, 7) is 3.72. The summed E-state index contributed by atoms with van der Waals surface area (Å²) >= 11 is 0. The number of carbonyl (C=O) groups is 1. The molecule has 2 rings (SSSR count). The number of unbranched alkanes of at least 4 members (excludes halogenated alkanes) is 1. The zero-order chi connectivity index (χ0) is 14.5. The minimum atomic E-state index is -0.311. The predicted molar refractivity (Wildman–Crippen MR) is 79.1 cm³/mol. The Hall–Kier alpha value is -1.85. The van der Waals surface area contributed by atoms with Gasteiger partial charge in [-0.25, -0.2) is 5.84 Å². The van der Waals surface area contributed by atoms with Crippen molar-refractivity contribution in [3.8, 4) is 0 Å². The molecule has 0 saturated carbocycles. The van der Waals surface area contributed by atoms with Crippen LogP contribution in [0.5, 0.6) is 0 Å². The minimum absolute atomic E-state index is 0.311. The van der Waals surface area contributed by atoms with Gasteiger partial charge in [0, 0.05) is 5.39 Å². The normalized spacial score (nSPS) is 11.2. The van der Waals surface area contributed by atoms with E-state index in [1.807, 2.05) is 31.3 Å². The molecule has 0 unspecified atom stereocenters. The molecule has 1 heterocycles. The van der Waals surface area contributed by atoms with Gasteiger partial charge in [0.15, 0.2) is 0 Å². The standard InChI is InChI=1S/C15H21N3O2/c1-3-4-9-18(2)10-13-14(15(19)17-16)11-7-5-6-8-12(11)20-13/h5-8H,3-4,9-10,16H2,1-2H3,(H,17,19). The summed E-state index contributed by atoms with van der Waals surface area (Å²) in [5.74, 6) is 5.63. The Kier molecular flexibility index (Phi) is 4.76. The molecule has 2 aromatic rings. The van der Waals surface area contributed by atoms with Gasteiger partial charge in [0.1, 0.15) is 11.3 Å². The summed E-state index contributed by atoms with van der Waals surface area (Å²) < 4.78 is 5.81. The first-order valence-corrected chi connectivity index (χ1v) is 6.87. The van der Waals surface area contributed by atoms with Gasteiger partial charge in [-0.1, -0.05) is 31.5 Å². The molecule has 20 heavy (non-hydrogen) atoms. The van der Waals surface area contributed by atoms with Crippen LogP contribution in [0.1, 0.15) is 35.9 Å². The molecule has 1 amide bonds. The number of nitrogens with one attached hydrogen (secondary N) is 1. The second kappa shape index (κ2) is 6.54. The Morgan fingerprint density at radius 3 is 2.85 bits per heavy atom. The number of nitrogen functional groups attached to an aromatic ring is 1. The molecule has 1 aromatic heterocycles. The zero-order valence-corrected chi connectivity index (χ0v) is 12.0. The van der Waals surface area contributed by atoms with Gasteiger partial charge in [0.2, 0.25) is 0 Å². The summed E-state index contributed by atoms with van der Waals surface area (Å²) in [6.07, 6.45) is 2.26. The van der Waals surface area contributed by atoms with Crippen molar-refractivity contribution in [2.24, 2.45) is 5.84 Å². The fourth-order valence-electron chi connectivity index (χ4n) is 2.28. The van der Waals surface area contributed by atoms with Crippen molar-refractivity contribution in [2.75, 3.05) is 13.6 Å². The Bertz CT molecular complexity index is 592. The maximum Gasteiger partial charge on any atom is 0.269 e. The van der Waals surface area contributed by atoms with Crippen molar-refractivity contribution < 1.29 is 9.21 Å². The molecule has 0 saturated heterocycles. The van der Waals surface area contributed by atoms with E-state index in [-0.39, 0.29) is 5.91 Å². The number of hydrogen-bond donors (Lipinski definition) is 2. The van der Waals surface area contributed by atoms with Gasteiger partial charge in [-0.15, -0.1) is 0 Å². The number of rotatable bonds is 6. The number of para-hydroxylation sites is 1. The predicted octanol–water partition coefficient (Wildman–Crippen LogP) is 2.27. The highest BCUT2D eigenvalue weighted by atomic mass is 16.3. The molecule has 0 spiro atoms. The first-order chi connectivity index (χ1) is 9.67. The van der Waals surface area contributed by atoms with Crippen LogP contribution in [0.2, 0.25) is 0 Å². The van der Waals surface area contributed by atoms with Crippen molar-refractivity contribution in [1.29, 1.82) is 0 Å². The van der Waals surface area contributed by atoms with E-state index < -0.39 is 0 Å². The molecular weight excluding hydrogens is 254 g/mol.